The van der Waals surface area contributed by atoms with Crippen LogP contribution in [0.3, 0.4) is 0 Å². The average Bonchev–Trinajstić information content (AvgIpc) is 3.13. The Morgan fingerprint density at radius 2 is 2.04 bits per heavy atom. The molecule has 3 rings (SSSR count). The topological polar surface area (TPSA) is 106 Å². The second kappa shape index (κ2) is 8.15. The molecule has 0 saturated heterocycles. The van der Waals surface area contributed by atoms with Gasteiger partial charge < -0.3 is 0 Å². The fraction of sp³-hybridized carbons (Fsp3) is 0.105. The zero-order valence-corrected chi connectivity index (χ0v) is 14.7. The van der Waals surface area contributed by atoms with Crippen LogP contribution in [0.1, 0.15) is 11.1 Å². The molecule has 2 heterocycles. The Kier molecular flexibility index (Phi) is 5.48. The lowest BCUT2D eigenvalue weighted by Crippen LogP contribution is -2.36. The van der Waals surface area contributed by atoms with Gasteiger partial charge in [0.05, 0.1) is 11.9 Å². The van der Waals surface area contributed by atoms with E-state index in [-0.39, 0.29) is 6.54 Å². The third kappa shape index (κ3) is 4.31. The molecule has 8 nitrogen and oxygen atoms in total. The first kappa shape index (κ1) is 18.2. The maximum absolute atomic E-state index is 12.4. The van der Waals surface area contributed by atoms with Crippen LogP contribution in [0.25, 0.3) is 17.2 Å². The third-order valence-corrected chi connectivity index (χ3v) is 3.97. The fourth-order valence-electron chi connectivity index (χ4n) is 2.57. The Labute approximate surface area is 155 Å². The monoisotopic (exact) mass is 362 g/mol. The number of anilines is 1. The molecule has 0 atom stereocenters. The van der Waals surface area contributed by atoms with Crippen LogP contribution in [0, 0.1) is 4.91 Å². The number of carbonyl (C=O) groups is 1. The van der Waals surface area contributed by atoms with Crippen molar-refractivity contribution >= 4 is 17.7 Å². The largest absolute Gasteiger partial charge is 0.275 e. The second-order valence-corrected chi connectivity index (χ2v) is 5.86. The summed E-state index contributed by atoms with van der Waals surface area (Å²) in [6.45, 7) is 0.0802. The summed E-state index contributed by atoms with van der Waals surface area (Å²) in [5.41, 5.74) is 3.88. The molecular weight excluding hydrogens is 344 g/mol. The van der Waals surface area contributed by atoms with Gasteiger partial charge in [0, 0.05) is 42.8 Å². The number of nitrogens with zero attached hydrogens (tertiary/aromatic N) is 5. The number of hydrazine groups is 1. The number of aromatic nitrogens is 3. The molecule has 0 aliphatic rings. The van der Waals surface area contributed by atoms with Gasteiger partial charge in [-0.3, -0.25) is 14.5 Å². The van der Waals surface area contributed by atoms with Crippen molar-refractivity contribution in [3.8, 4) is 11.1 Å². The van der Waals surface area contributed by atoms with Crippen LogP contribution in [0.2, 0.25) is 0 Å². The SMILES string of the molecule is Cn1cc(-c2ccncc2/C=C/C(=O)N(N)c2ccc(CN=O)cc2)cn1. The highest BCUT2D eigenvalue weighted by molar-refractivity contribution is 6.03. The van der Waals surface area contributed by atoms with Crippen molar-refractivity contribution in [1.29, 1.82) is 0 Å². The number of amides is 1. The van der Waals surface area contributed by atoms with E-state index in [0.717, 1.165) is 27.3 Å². The summed E-state index contributed by atoms with van der Waals surface area (Å²) in [5, 5.41) is 8.03. The molecule has 0 aliphatic carbocycles. The minimum atomic E-state index is -0.391. The first-order valence-corrected chi connectivity index (χ1v) is 8.16. The molecule has 1 aromatic carbocycles. The van der Waals surface area contributed by atoms with Crippen molar-refractivity contribution in [2.45, 2.75) is 6.54 Å². The molecule has 2 aromatic heterocycles. The molecule has 0 unspecified atom stereocenters. The second-order valence-electron chi connectivity index (χ2n) is 5.86. The average molecular weight is 362 g/mol. The van der Waals surface area contributed by atoms with Gasteiger partial charge >= 0.3 is 0 Å². The summed E-state index contributed by atoms with van der Waals surface area (Å²) < 4.78 is 1.71. The summed E-state index contributed by atoms with van der Waals surface area (Å²) in [7, 11) is 1.84. The van der Waals surface area contributed by atoms with Crippen molar-refractivity contribution in [2.24, 2.45) is 18.1 Å². The number of carbonyl (C=O) groups excluding carboxylic acids is 1. The highest BCUT2D eigenvalue weighted by Crippen LogP contribution is 2.23. The van der Waals surface area contributed by atoms with E-state index in [9.17, 15) is 9.70 Å². The quantitative estimate of drug-likeness (QED) is 0.238. The molecule has 1 amide bonds. The highest BCUT2D eigenvalue weighted by Gasteiger charge is 2.10. The Morgan fingerprint density at radius 3 is 2.70 bits per heavy atom. The summed E-state index contributed by atoms with van der Waals surface area (Å²) in [5.74, 6) is 5.51. The van der Waals surface area contributed by atoms with Gasteiger partial charge in [-0.1, -0.05) is 17.3 Å². The Morgan fingerprint density at radius 1 is 1.26 bits per heavy atom. The maximum Gasteiger partial charge on any atom is 0.265 e. The number of rotatable bonds is 6. The van der Waals surface area contributed by atoms with E-state index in [1.165, 1.54) is 6.08 Å². The third-order valence-electron chi connectivity index (χ3n) is 3.97. The normalized spacial score (nSPS) is 10.9. The van der Waals surface area contributed by atoms with Gasteiger partial charge in [0.1, 0.15) is 6.54 Å². The van der Waals surface area contributed by atoms with Gasteiger partial charge in [-0.25, -0.2) is 10.9 Å². The van der Waals surface area contributed by atoms with Gasteiger partial charge in [-0.15, -0.1) is 0 Å². The predicted octanol–water partition coefficient (Wildman–Crippen LogP) is 2.67. The van der Waals surface area contributed by atoms with E-state index in [4.69, 9.17) is 5.84 Å². The molecule has 136 valence electrons. The number of hydrogen-bond donors (Lipinski definition) is 1. The van der Waals surface area contributed by atoms with Crippen molar-refractivity contribution in [3.63, 3.8) is 0 Å². The number of nitroso groups, excluding NO2 is 1. The number of pyridine rings is 1. The van der Waals surface area contributed by atoms with Crippen molar-refractivity contribution in [2.75, 3.05) is 5.01 Å². The predicted molar refractivity (Wildman–Crippen MR) is 103 cm³/mol. The highest BCUT2D eigenvalue weighted by atomic mass is 16.3. The lowest BCUT2D eigenvalue weighted by molar-refractivity contribution is -0.114. The molecule has 27 heavy (non-hydrogen) atoms. The first-order valence-electron chi connectivity index (χ1n) is 8.16. The summed E-state index contributed by atoms with van der Waals surface area (Å²) in [4.78, 5) is 26.8. The van der Waals surface area contributed by atoms with Gasteiger partial charge in [0.2, 0.25) is 0 Å². The molecule has 0 bridgehead atoms. The molecule has 8 heteroatoms. The van der Waals surface area contributed by atoms with Gasteiger partial charge in [0.15, 0.2) is 0 Å². The van der Waals surface area contributed by atoms with Crippen LogP contribution in [-0.2, 0) is 18.4 Å². The minimum absolute atomic E-state index is 0.0802. The van der Waals surface area contributed by atoms with Crippen molar-refractivity contribution in [3.05, 3.63) is 77.2 Å². The van der Waals surface area contributed by atoms with E-state index in [1.807, 2.05) is 19.3 Å². The summed E-state index contributed by atoms with van der Waals surface area (Å²) in [6, 6.07) is 8.60. The van der Waals surface area contributed by atoms with E-state index in [0.29, 0.717) is 5.69 Å². The molecule has 0 aliphatic heterocycles. The van der Waals surface area contributed by atoms with E-state index < -0.39 is 5.91 Å². The van der Waals surface area contributed by atoms with Crippen LogP contribution in [0.15, 0.2) is 66.4 Å². The smallest absolute Gasteiger partial charge is 0.265 e. The molecule has 0 radical (unpaired) electrons. The molecular formula is C19H18N6O2. The van der Waals surface area contributed by atoms with E-state index in [1.54, 1.807) is 53.6 Å². The summed E-state index contributed by atoms with van der Waals surface area (Å²) in [6.07, 6.45) is 10.1. The molecule has 0 saturated carbocycles. The van der Waals surface area contributed by atoms with Crippen molar-refractivity contribution in [1.82, 2.24) is 14.8 Å². The molecule has 2 N–H and O–H groups in total. The molecule has 3 aromatic rings. The van der Waals surface area contributed by atoms with Gasteiger partial charge in [-0.05, 0) is 35.4 Å². The van der Waals surface area contributed by atoms with Crippen LogP contribution in [0.5, 0.6) is 0 Å². The Balaban J connectivity index is 1.77. The van der Waals surface area contributed by atoms with Crippen LogP contribution in [0.4, 0.5) is 5.69 Å². The summed E-state index contributed by atoms with van der Waals surface area (Å²) >= 11 is 0. The number of aryl methyl sites for hydroxylation is 1. The lowest BCUT2D eigenvalue weighted by atomic mass is 10.0. The number of hydrogen-bond acceptors (Lipinski definition) is 6. The Bertz CT molecular complexity index is 978. The molecule has 0 fully saturated rings. The van der Waals surface area contributed by atoms with Crippen molar-refractivity contribution < 1.29 is 4.79 Å². The van der Waals surface area contributed by atoms with Crippen LogP contribution < -0.4 is 10.9 Å². The fourth-order valence-corrected chi connectivity index (χ4v) is 2.57. The zero-order valence-electron chi connectivity index (χ0n) is 14.7. The first-order chi connectivity index (χ1) is 13.1. The van der Waals surface area contributed by atoms with Crippen LogP contribution in [-0.4, -0.2) is 20.7 Å². The van der Waals surface area contributed by atoms with Gasteiger partial charge in [0.25, 0.3) is 5.91 Å². The standard InChI is InChI=1S/C19H18N6O2/c1-24-13-16(12-22-24)18-8-9-21-11-15(18)4-7-19(26)25(20)17-5-2-14(3-6-17)10-23-27/h2-9,11-13H,10,20H2,1H3/b7-4+. The van der Waals surface area contributed by atoms with Crippen LogP contribution >= 0.6 is 0 Å². The van der Waals surface area contributed by atoms with E-state index in [2.05, 4.69) is 15.3 Å². The van der Waals surface area contributed by atoms with E-state index >= 15 is 0 Å². The van der Waals surface area contributed by atoms with Gasteiger partial charge in [-0.2, -0.15) is 10.0 Å². The molecule has 0 spiro atoms. The maximum atomic E-state index is 12.4. The Hall–Kier alpha value is -3.65. The minimum Gasteiger partial charge on any atom is -0.275 e. The lowest BCUT2D eigenvalue weighted by Gasteiger charge is -2.14. The zero-order chi connectivity index (χ0) is 19.2. The number of nitrogens with two attached hydrogens (primary N) is 1. The number of benzene rings is 1.